The molecule has 0 saturated heterocycles. The average molecular weight is 557 g/mol. The molecule has 0 spiro atoms. The Morgan fingerprint density at radius 1 is 1.08 bits per heavy atom. The lowest BCUT2D eigenvalue weighted by Gasteiger charge is -2.33. The van der Waals surface area contributed by atoms with Gasteiger partial charge in [-0.1, -0.05) is 74.8 Å². The number of rotatable bonds is 7. The first-order chi connectivity index (χ1) is 18.8. The third-order valence-electron chi connectivity index (χ3n) is 7.24. The maximum absolute atomic E-state index is 13.6. The van der Waals surface area contributed by atoms with Gasteiger partial charge < -0.3 is 10.1 Å². The molecule has 1 aliphatic carbocycles. The van der Waals surface area contributed by atoms with Gasteiger partial charge in [-0.2, -0.15) is 0 Å². The highest BCUT2D eigenvalue weighted by Gasteiger charge is 2.33. The van der Waals surface area contributed by atoms with Crippen molar-refractivity contribution >= 4 is 45.7 Å². The molecule has 0 radical (unpaired) electrons. The van der Waals surface area contributed by atoms with Gasteiger partial charge in [0.2, 0.25) is 0 Å². The molecule has 4 aromatic rings. The minimum Gasteiger partial charge on any atom is -0.489 e. The summed E-state index contributed by atoms with van der Waals surface area (Å²) >= 11 is 7.68. The van der Waals surface area contributed by atoms with Gasteiger partial charge in [0.1, 0.15) is 17.4 Å². The quantitative estimate of drug-likeness (QED) is 0.231. The molecular formula is C33H33ClN2O2S. The van der Waals surface area contributed by atoms with Crippen molar-refractivity contribution in [2.75, 3.05) is 5.32 Å². The van der Waals surface area contributed by atoms with Gasteiger partial charge in [-0.05, 0) is 83.7 Å². The number of benzene rings is 3. The van der Waals surface area contributed by atoms with Crippen molar-refractivity contribution in [2.45, 2.75) is 46.6 Å². The van der Waals surface area contributed by atoms with E-state index in [0.29, 0.717) is 28.8 Å². The molecule has 4 nitrogen and oxygen atoms in total. The summed E-state index contributed by atoms with van der Waals surface area (Å²) in [6.07, 6.45) is 4.75. The summed E-state index contributed by atoms with van der Waals surface area (Å²) in [4.78, 5) is 19.7. The van der Waals surface area contributed by atoms with Gasteiger partial charge in [0.05, 0.1) is 5.56 Å². The molecule has 1 amide bonds. The number of hydrogen-bond acceptors (Lipinski definition) is 4. The summed E-state index contributed by atoms with van der Waals surface area (Å²) < 4.78 is 6.00. The van der Waals surface area contributed by atoms with Crippen LogP contribution in [0, 0.1) is 11.3 Å². The fourth-order valence-electron chi connectivity index (χ4n) is 4.92. The zero-order chi connectivity index (χ0) is 27.4. The molecule has 39 heavy (non-hydrogen) atoms. The number of anilines is 1. The molecule has 200 valence electrons. The maximum Gasteiger partial charge on any atom is 0.259 e. The molecule has 0 bridgehead atoms. The van der Waals surface area contributed by atoms with Crippen molar-refractivity contribution in [1.82, 2.24) is 0 Å². The number of aliphatic imine (C=N–C) groups is 1. The Morgan fingerprint density at radius 2 is 1.85 bits per heavy atom. The fourth-order valence-corrected chi connectivity index (χ4v) is 6.32. The number of halogens is 1. The molecule has 1 aromatic heterocycles. The van der Waals surface area contributed by atoms with Crippen molar-refractivity contribution < 1.29 is 9.53 Å². The van der Waals surface area contributed by atoms with Gasteiger partial charge in [0.25, 0.3) is 5.91 Å². The van der Waals surface area contributed by atoms with Gasteiger partial charge in [-0.15, -0.1) is 11.3 Å². The van der Waals surface area contributed by atoms with Crippen LogP contribution in [0.1, 0.15) is 59.1 Å². The second-order valence-corrected chi connectivity index (χ2v) is 12.6. The molecular weight excluding hydrogens is 524 g/mol. The number of carbonyl (C=O) groups is 1. The number of amides is 1. The summed E-state index contributed by atoms with van der Waals surface area (Å²) in [7, 11) is 0. The number of hydrogen-bond donors (Lipinski definition) is 1. The van der Waals surface area contributed by atoms with Gasteiger partial charge in [0.15, 0.2) is 0 Å². The SMILES string of the molecule is CC(C)(C)[C@@H]1CCc2c(sc(N=Cc3cccc(OCc4ccccc4)c3)c2C(=O)Nc2ccc(Cl)cc2)C1. The molecule has 3 aromatic carbocycles. The summed E-state index contributed by atoms with van der Waals surface area (Å²) in [5, 5.41) is 4.44. The first kappa shape index (κ1) is 27.2. The Labute approximate surface area is 239 Å². The largest absolute Gasteiger partial charge is 0.489 e. The third kappa shape index (κ3) is 6.78. The summed E-state index contributed by atoms with van der Waals surface area (Å²) in [6, 6.07) is 25.2. The highest BCUT2D eigenvalue weighted by atomic mass is 35.5. The minimum absolute atomic E-state index is 0.129. The number of nitrogens with zero attached hydrogens (tertiary/aromatic N) is 1. The second kappa shape index (κ2) is 11.8. The van der Waals surface area contributed by atoms with E-state index >= 15 is 0 Å². The van der Waals surface area contributed by atoms with Gasteiger partial charge >= 0.3 is 0 Å². The van der Waals surface area contributed by atoms with Crippen LogP contribution < -0.4 is 10.1 Å². The van der Waals surface area contributed by atoms with Crippen LogP contribution in [0.5, 0.6) is 5.75 Å². The van der Waals surface area contributed by atoms with Gasteiger partial charge in [-0.3, -0.25) is 4.79 Å². The highest BCUT2D eigenvalue weighted by molar-refractivity contribution is 7.16. The molecule has 6 heteroatoms. The van der Waals surface area contributed by atoms with Crippen LogP contribution in [0.25, 0.3) is 0 Å². The normalized spacial score (nSPS) is 15.2. The van der Waals surface area contributed by atoms with Crippen molar-refractivity contribution in [1.29, 1.82) is 0 Å². The van der Waals surface area contributed by atoms with Crippen LogP contribution in [-0.2, 0) is 19.4 Å². The van der Waals surface area contributed by atoms with E-state index in [4.69, 9.17) is 21.3 Å². The Morgan fingerprint density at radius 3 is 2.59 bits per heavy atom. The molecule has 1 aliphatic rings. The number of carbonyl (C=O) groups excluding carboxylic acids is 1. The molecule has 0 fully saturated rings. The molecule has 0 saturated carbocycles. The van der Waals surface area contributed by atoms with E-state index in [-0.39, 0.29) is 11.3 Å². The van der Waals surface area contributed by atoms with Crippen LogP contribution in [0.3, 0.4) is 0 Å². The maximum atomic E-state index is 13.6. The molecule has 0 aliphatic heterocycles. The van der Waals surface area contributed by atoms with Crippen molar-refractivity contribution in [3.05, 3.63) is 111 Å². The Kier molecular flexibility index (Phi) is 8.20. The van der Waals surface area contributed by atoms with Crippen molar-refractivity contribution in [3.8, 4) is 5.75 Å². The van der Waals surface area contributed by atoms with E-state index in [1.54, 1.807) is 23.5 Å². The second-order valence-electron chi connectivity index (χ2n) is 11.1. The number of nitrogens with one attached hydrogen (secondary N) is 1. The highest BCUT2D eigenvalue weighted by Crippen LogP contribution is 2.45. The predicted molar refractivity (Wildman–Crippen MR) is 163 cm³/mol. The zero-order valence-electron chi connectivity index (χ0n) is 22.5. The summed E-state index contributed by atoms with van der Waals surface area (Å²) in [5.41, 5.74) is 4.79. The van der Waals surface area contributed by atoms with Crippen LogP contribution in [0.4, 0.5) is 10.7 Å². The summed E-state index contributed by atoms with van der Waals surface area (Å²) in [6.45, 7) is 7.41. The van der Waals surface area contributed by atoms with E-state index in [2.05, 4.69) is 26.1 Å². The van der Waals surface area contributed by atoms with Gasteiger partial charge in [-0.25, -0.2) is 4.99 Å². The molecule has 1 atom stereocenters. The molecule has 0 unspecified atom stereocenters. The average Bonchev–Trinajstić information content (AvgIpc) is 3.30. The number of thiophene rings is 1. The van der Waals surface area contributed by atoms with E-state index < -0.39 is 0 Å². The van der Waals surface area contributed by atoms with Crippen molar-refractivity contribution in [2.24, 2.45) is 16.3 Å². The molecule has 1 heterocycles. The lowest BCUT2D eigenvalue weighted by Crippen LogP contribution is -2.27. The topological polar surface area (TPSA) is 50.7 Å². The van der Waals surface area contributed by atoms with Crippen molar-refractivity contribution in [3.63, 3.8) is 0 Å². The Bertz CT molecular complexity index is 1470. The molecule has 5 rings (SSSR count). The van der Waals surface area contributed by atoms with Gasteiger partial charge in [0, 0.05) is 21.8 Å². The Balaban J connectivity index is 1.41. The fraction of sp³-hybridized carbons (Fsp3) is 0.273. The predicted octanol–water partition coefficient (Wildman–Crippen LogP) is 9.13. The first-order valence-corrected chi connectivity index (χ1v) is 14.5. The van der Waals surface area contributed by atoms with E-state index in [1.165, 1.54) is 4.88 Å². The lowest BCUT2D eigenvalue weighted by molar-refractivity contribution is 0.102. The smallest absolute Gasteiger partial charge is 0.259 e. The standard InChI is InChI=1S/C33H33ClN2O2S/c1-33(2,3)24-12-17-28-29(19-24)39-32(30(28)31(37)36-26-15-13-25(34)14-16-26)35-20-23-10-7-11-27(18-23)38-21-22-8-5-4-6-9-22/h4-11,13-16,18,20,24H,12,17,19,21H2,1-3H3,(H,36,37)/t24-/m1/s1. The zero-order valence-corrected chi connectivity index (χ0v) is 24.1. The van der Waals surface area contributed by atoms with Crippen LogP contribution in [-0.4, -0.2) is 12.1 Å². The van der Waals surface area contributed by atoms with Crippen LogP contribution in [0.2, 0.25) is 5.02 Å². The monoisotopic (exact) mass is 556 g/mol. The lowest BCUT2D eigenvalue weighted by atomic mass is 9.72. The summed E-state index contributed by atoms with van der Waals surface area (Å²) in [5.74, 6) is 1.23. The first-order valence-electron chi connectivity index (χ1n) is 13.3. The van der Waals surface area contributed by atoms with E-state index in [1.807, 2.05) is 72.9 Å². The van der Waals surface area contributed by atoms with E-state index in [9.17, 15) is 4.79 Å². The van der Waals surface area contributed by atoms with E-state index in [0.717, 1.165) is 46.7 Å². The molecule has 1 N–H and O–H groups in total. The third-order valence-corrected chi connectivity index (χ3v) is 8.65. The van der Waals surface area contributed by atoms with Crippen LogP contribution >= 0.6 is 22.9 Å². The Hall–Kier alpha value is -3.41. The van der Waals surface area contributed by atoms with Crippen LogP contribution in [0.15, 0.2) is 83.9 Å². The number of fused-ring (bicyclic) bond motifs is 1. The minimum atomic E-state index is -0.129. The number of ether oxygens (including phenoxy) is 1.